The lowest BCUT2D eigenvalue weighted by atomic mass is 9.90. The van der Waals surface area contributed by atoms with Crippen LogP contribution in [0.1, 0.15) is 37.5 Å². The summed E-state index contributed by atoms with van der Waals surface area (Å²) in [5, 5.41) is 10.9. The molecule has 19 heavy (non-hydrogen) atoms. The average molecular weight is 283 g/mol. The van der Waals surface area contributed by atoms with E-state index in [1.165, 1.54) is 11.3 Å². The summed E-state index contributed by atoms with van der Waals surface area (Å²) in [6.07, 6.45) is 4.46. The van der Waals surface area contributed by atoms with Gasteiger partial charge in [0.2, 0.25) is 0 Å². The van der Waals surface area contributed by atoms with Gasteiger partial charge in [0.05, 0.1) is 4.92 Å². The van der Waals surface area contributed by atoms with Crippen LogP contribution in [0.4, 0.5) is 5.00 Å². The van der Waals surface area contributed by atoms with Crippen molar-refractivity contribution in [2.45, 2.75) is 51.2 Å². The van der Waals surface area contributed by atoms with E-state index in [2.05, 4.69) is 11.8 Å². The van der Waals surface area contributed by atoms with Gasteiger partial charge in [0, 0.05) is 29.6 Å². The van der Waals surface area contributed by atoms with E-state index in [4.69, 9.17) is 5.73 Å². The summed E-state index contributed by atoms with van der Waals surface area (Å²) in [5.74, 6) is 0. The predicted octanol–water partition coefficient (Wildman–Crippen LogP) is 2.75. The lowest BCUT2D eigenvalue weighted by Gasteiger charge is -2.35. The second-order valence-electron chi connectivity index (χ2n) is 5.13. The first-order chi connectivity index (χ1) is 9.10. The molecular formula is C13H21N3O2S. The highest BCUT2D eigenvalue weighted by molar-refractivity contribution is 7.15. The van der Waals surface area contributed by atoms with Crippen molar-refractivity contribution in [1.82, 2.24) is 4.90 Å². The molecule has 1 saturated carbocycles. The molecule has 106 valence electrons. The minimum atomic E-state index is -0.315. The second-order valence-corrected chi connectivity index (χ2v) is 6.28. The van der Waals surface area contributed by atoms with E-state index in [1.807, 2.05) is 6.07 Å². The number of nitrogens with two attached hydrogens (primary N) is 1. The predicted molar refractivity (Wildman–Crippen MR) is 77.3 cm³/mol. The smallest absolute Gasteiger partial charge is 0.324 e. The zero-order chi connectivity index (χ0) is 13.8. The average Bonchev–Trinajstić information content (AvgIpc) is 2.86. The van der Waals surface area contributed by atoms with Crippen molar-refractivity contribution in [2.24, 2.45) is 5.73 Å². The second kappa shape index (κ2) is 6.45. The van der Waals surface area contributed by atoms with Crippen molar-refractivity contribution in [1.29, 1.82) is 0 Å². The Labute approximate surface area is 117 Å². The summed E-state index contributed by atoms with van der Waals surface area (Å²) in [5.41, 5.74) is 5.94. The number of hydrogen-bond acceptors (Lipinski definition) is 5. The number of nitrogens with zero attached hydrogens (tertiary/aromatic N) is 2. The summed E-state index contributed by atoms with van der Waals surface area (Å²) in [7, 11) is 0. The van der Waals surface area contributed by atoms with Crippen molar-refractivity contribution in [3.63, 3.8) is 0 Å². The van der Waals surface area contributed by atoms with Crippen LogP contribution in [-0.4, -0.2) is 28.5 Å². The van der Waals surface area contributed by atoms with Gasteiger partial charge in [0.25, 0.3) is 0 Å². The van der Waals surface area contributed by atoms with Gasteiger partial charge in [0.1, 0.15) is 0 Å². The third-order valence-corrected chi connectivity index (χ3v) is 4.87. The van der Waals surface area contributed by atoms with E-state index in [-0.39, 0.29) is 9.92 Å². The molecule has 0 amide bonds. The molecule has 6 heteroatoms. The minimum absolute atomic E-state index is 0.233. The van der Waals surface area contributed by atoms with Gasteiger partial charge in [-0.05, 0) is 38.3 Å². The van der Waals surface area contributed by atoms with Gasteiger partial charge in [-0.1, -0.05) is 18.3 Å². The molecule has 2 N–H and O–H groups in total. The Bertz CT molecular complexity index is 427. The first kappa shape index (κ1) is 14.4. The van der Waals surface area contributed by atoms with Crippen LogP contribution < -0.4 is 5.73 Å². The molecule has 1 aliphatic rings. The Morgan fingerprint density at radius 3 is 2.63 bits per heavy atom. The lowest BCUT2D eigenvalue weighted by Crippen LogP contribution is -2.40. The maximum Gasteiger partial charge on any atom is 0.324 e. The SMILES string of the molecule is CCN(Cc1ccc([N+](=O)[O-])s1)C1CCC(N)CC1. The minimum Gasteiger partial charge on any atom is -0.328 e. The van der Waals surface area contributed by atoms with Crippen LogP contribution in [-0.2, 0) is 6.54 Å². The largest absolute Gasteiger partial charge is 0.328 e. The van der Waals surface area contributed by atoms with Crippen molar-refractivity contribution < 1.29 is 4.92 Å². The molecule has 1 fully saturated rings. The fourth-order valence-electron chi connectivity index (χ4n) is 2.72. The molecule has 1 aliphatic carbocycles. The molecule has 1 aromatic heterocycles. The quantitative estimate of drug-likeness (QED) is 0.666. The summed E-state index contributed by atoms with van der Waals surface area (Å²) >= 11 is 1.28. The maximum absolute atomic E-state index is 10.7. The van der Waals surface area contributed by atoms with Gasteiger partial charge in [0.15, 0.2) is 0 Å². The summed E-state index contributed by atoms with van der Waals surface area (Å²) < 4.78 is 0. The monoisotopic (exact) mass is 283 g/mol. The van der Waals surface area contributed by atoms with E-state index < -0.39 is 0 Å². The van der Waals surface area contributed by atoms with E-state index in [0.29, 0.717) is 12.1 Å². The van der Waals surface area contributed by atoms with Crippen LogP contribution in [0, 0.1) is 10.1 Å². The van der Waals surface area contributed by atoms with Crippen molar-refractivity contribution >= 4 is 16.3 Å². The lowest BCUT2D eigenvalue weighted by molar-refractivity contribution is -0.380. The number of thiophene rings is 1. The third-order valence-electron chi connectivity index (χ3n) is 3.85. The summed E-state index contributed by atoms with van der Waals surface area (Å²) in [6, 6.07) is 4.41. The Balaban J connectivity index is 1.96. The van der Waals surface area contributed by atoms with Crippen LogP contribution >= 0.6 is 11.3 Å². The van der Waals surface area contributed by atoms with Gasteiger partial charge >= 0.3 is 5.00 Å². The molecule has 0 spiro atoms. The Morgan fingerprint density at radius 1 is 1.42 bits per heavy atom. The molecule has 0 unspecified atom stereocenters. The number of hydrogen-bond donors (Lipinski definition) is 1. The number of nitro groups is 1. The fourth-order valence-corrected chi connectivity index (χ4v) is 3.56. The zero-order valence-corrected chi connectivity index (χ0v) is 12.1. The van der Waals surface area contributed by atoms with Crippen LogP contribution in [0.3, 0.4) is 0 Å². The Kier molecular flexibility index (Phi) is 4.90. The van der Waals surface area contributed by atoms with Crippen molar-refractivity contribution in [3.05, 3.63) is 27.1 Å². The Morgan fingerprint density at radius 2 is 2.11 bits per heavy atom. The highest BCUT2D eigenvalue weighted by atomic mass is 32.1. The topological polar surface area (TPSA) is 72.4 Å². The molecule has 5 nitrogen and oxygen atoms in total. The molecule has 2 rings (SSSR count). The molecule has 0 saturated heterocycles. The molecule has 0 radical (unpaired) electrons. The maximum atomic E-state index is 10.7. The van der Waals surface area contributed by atoms with Crippen LogP contribution in [0.25, 0.3) is 0 Å². The highest BCUT2D eigenvalue weighted by Gasteiger charge is 2.24. The van der Waals surface area contributed by atoms with E-state index in [0.717, 1.165) is 43.6 Å². The highest BCUT2D eigenvalue weighted by Crippen LogP contribution is 2.28. The molecule has 0 aliphatic heterocycles. The van der Waals surface area contributed by atoms with Gasteiger partial charge in [-0.15, -0.1) is 0 Å². The molecular weight excluding hydrogens is 262 g/mol. The van der Waals surface area contributed by atoms with Crippen LogP contribution in [0.15, 0.2) is 12.1 Å². The van der Waals surface area contributed by atoms with E-state index in [9.17, 15) is 10.1 Å². The van der Waals surface area contributed by atoms with Crippen LogP contribution in [0.5, 0.6) is 0 Å². The Hall–Kier alpha value is -0.980. The normalized spacial score (nSPS) is 23.7. The molecule has 0 aromatic carbocycles. The van der Waals surface area contributed by atoms with Gasteiger partial charge < -0.3 is 5.73 Å². The third kappa shape index (κ3) is 3.75. The molecule has 1 heterocycles. The first-order valence-corrected chi connectivity index (χ1v) is 7.64. The number of rotatable bonds is 5. The van der Waals surface area contributed by atoms with Crippen LogP contribution in [0.2, 0.25) is 0 Å². The van der Waals surface area contributed by atoms with E-state index >= 15 is 0 Å². The van der Waals surface area contributed by atoms with E-state index in [1.54, 1.807) is 6.07 Å². The standard InChI is InChI=1S/C13H21N3O2S/c1-2-15(11-5-3-10(14)4-6-11)9-12-7-8-13(19-12)16(17)18/h7-8,10-11H,2-6,9,14H2,1H3. The summed E-state index contributed by atoms with van der Waals surface area (Å²) in [6.45, 7) is 3.94. The molecule has 0 atom stereocenters. The van der Waals surface area contributed by atoms with Gasteiger partial charge in [-0.2, -0.15) is 0 Å². The zero-order valence-electron chi connectivity index (χ0n) is 11.2. The van der Waals surface area contributed by atoms with Gasteiger partial charge in [-0.25, -0.2) is 0 Å². The fraction of sp³-hybridized carbons (Fsp3) is 0.692. The van der Waals surface area contributed by atoms with Gasteiger partial charge in [-0.3, -0.25) is 15.0 Å². The van der Waals surface area contributed by atoms with Crippen molar-refractivity contribution in [3.8, 4) is 0 Å². The first-order valence-electron chi connectivity index (χ1n) is 6.83. The summed E-state index contributed by atoms with van der Waals surface area (Å²) in [4.78, 5) is 13.9. The molecule has 1 aromatic rings. The van der Waals surface area contributed by atoms with Crippen molar-refractivity contribution in [2.75, 3.05) is 6.54 Å². The molecule has 0 bridgehead atoms.